The molecule has 334 valence electrons. The molecule has 0 aromatic heterocycles. The Bertz CT molecular complexity index is 2360. The van der Waals surface area contributed by atoms with Gasteiger partial charge in [0, 0.05) is 10.0 Å². The van der Waals surface area contributed by atoms with Crippen LogP contribution in [0, 0.1) is 51.7 Å². The molecule has 0 amide bonds. The van der Waals surface area contributed by atoms with Crippen LogP contribution in [-0.4, -0.2) is 4.21 Å². The van der Waals surface area contributed by atoms with E-state index in [4.69, 9.17) is 23.2 Å². The number of halogens is 4. The van der Waals surface area contributed by atoms with Crippen molar-refractivity contribution in [1.29, 1.82) is 0 Å². The Labute approximate surface area is 423 Å². The van der Waals surface area contributed by atoms with Crippen molar-refractivity contribution in [2.75, 3.05) is 0 Å². The summed E-state index contributed by atoms with van der Waals surface area (Å²) < 4.78 is 3.34. The van der Waals surface area contributed by atoms with Crippen LogP contribution >= 0.6 is 48.0 Å². The normalized spacial score (nSPS) is 20.5. The van der Waals surface area contributed by atoms with Gasteiger partial charge in [0.05, 0.1) is 0 Å². The SMILES string of the molecule is C[C-]1C2=C3Cc4ccccc4C3=C3C=CCCC3C2(C)C(C)(C)C(C)(C)C1(C)C.Cl.Cl.Clc1ccc(-c2cc[c-]cc2)cc1.Clc1ccc(-c2cc[c-]cc2)cc1.[C-]1=CC=CC1.[CH2]=[Zr]. The van der Waals surface area contributed by atoms with E-state index in [1.807, 2.05) is 109 Å². The average molecular weight is 1000 g/mol. The van der Waals surface area contributed by atoms with E-state index in [0.29, 0.717) is 5.92 Å². The Morgan fingerprint density at radius 2 is 1.16 bits per heavy atom. The van der Waals surface area contributed by atoms with Gasteiger partial charge in [0.15, 0.2) is 0 Å². The Kier molecular flexibility index (Phi) is 19.0. The van der Waals surface area contributed by atoms with Crippen LogP contribution in [0.25, 0.3) is 27.8 Å². The molecule has 10 rings (SSSR count). The molecular weight excluding hydrogens is 942 g/mol. The predicted molar refractivity (Wildman–Crippen MR) is 279 cm³/mol. The van der Waals surface area contributed by atoms with Crippen LogP contribution in [-0.2, 0) is 30.7 Å². The standard InChI is InChI=1S/C29H37.2C12H8Cl.C5H5.CH2.2ClH.Zr/c1-18-25-22-17-19-13-9-10-14-20(19)24(22)21-15-11-12-16-23(21)29(25,8)28(6,7)27(4,5)26(18,2)3;2*13-12-8-6-11(7-9-12)10-4-2-1-3-5-10;1-2-4-5-3-1;;;;/h9-11,13-15,23H,12,16-17H2,1-8H3;2*2-9H;1-3H,4H2;1H2;2*1H;/q4*-1;;;;. The summed E-state index contributed by atoms with van der Waals surface area (Å²) in [5.74, 6) is 2.24. The van der Waals surface area contributed by atoms with Gasteiger partial charge >= 0.3 is 28.4 Å². The fourth-order valence-corrected chi connectivity index (χ4v) is 10.6. The number of hydrogen-bond donors (Lipinski definition) is 0. The summed E-state index contributed by atoms with van der Waals surface area (Å²) in [7, 11) is 0. The molecule has 0 spiro atoms. The molecule has 0 N–H and O–H groups in total. The van der Waals surface area contributed by atoms with Crippen molar-refractivity contribution < 1.29 is 24.2 Å². The van der Waals surface area contributed by atoms with Gasteiger partial charge in [-0.25, -0.2) is 18.1 Å². The topological polar surface area (TPSA) is 0 Å². The van der Waals surface area contributed by atoms with E-state index in [1.54, 1.807) is 28.2 Å². The third-order valence-electron chi connectivity index (χ3n) is 15.2. The first-order chi connectivity index (χ1) is 29.7. The van der Waals surface area contributed by atoms with Crippen LogP contribution in [0.2, 0.25) is 10.0 Å². The fourth-order valence-electron chi connectivity index (χ4n) is 10.4. The van der Waals surface area contributed by atoms with Gasteiger partial charge in [0.1, 0.15) is 0 Å². The number of rotatable bonds is 2. The van der Waals surface area contributed by atoms with E-state index in [-0.39, 0.29) is 46.5 Å². The summed E-state index contributed by atoms with van der Waals surface area (Å²) in [4.78, 5) is 0. The Balaban J connectivity index is 0.000000213. The van der Waals surface area contributed by atoms with Crippen molar-refractivity contribution >= 4 is 57.8 Å². The zero-order chi connectivity index (χ0) is 44.7. The second-order valence-corrected chi connectivity index (χ2v) is 19.2. The maximum atomic E-state index is 5.79. The zero-order valence-corrected chi connectivity index (χ0v) is 44.2. The van der Waals surface area contributed by atoms with E-state index in [2.05, 4.69) is 120 Å². The second-order valence-electron chi connectivity index (χ2n) is 18.3. The molecule has 0 heterocycles. The Morgan fingerprint density at radius 1 is 0.656 bits per heavy atom. The first kappa shape index (κ1) is 53.2. The quantitative estimate of drug-likeness (QED) is 0.155. The van der Waals surface area contributed by atoms with Gasteiger partial charge < -0.3 is 0 Å². The van der Waals surface area contributed by atoms with Gasteiger partial charge in [0.2, 0.25) is 0 Å². The van der Waals surface area contributed by atoms with Gasteiger partial charge in [-0.1, -0.05) is 161 Å². The summed E-state index contributed by atoms with van der Waals surface area (Å²) in [6.07, 6.45) is 18.5. The van der Waals surface area contributed by atoms with Gasteiger partial charge in [-0.3, -0.25) is 6.08 Å². The minimum absolute atomic E-state index is 0. The van der Waals surface area contributed by atoms with E-state index in [9.17, 15) is 0 Å². The summed E-state index contributed by atoms with van der Waals surface area (Å²) in [6.45, 7) is 20.3. The van der Waals surface area contributed by atoms with Gasteiger partial charge in [-0.05, 0) is 76.0 Å². The monoisotopic (exact) mass is 1000 g/mol. The predicted octanol–water partition coefficient (Wildman–Crippen LogP) is 17.7. The van der Waals surface area contributed by atoms with Gasteiger partial charge in [-0.2, -0.15) is 77.9 Å². The van der Waals surface area contributed by atoms with Crippen molar-refractivity contribution in [2.45, 2.75) is 81.1 Å². The van der Waals surface area contributed by atoms with Crippen molar-refractivity contribution in [3.8, 4) is 22.3 Å². The molecule has 0 nitrogen and oxygen atoms in total. The first-order valence-corrected chi connectivity index (χ1v) is 24.3. The molecule has 5 aliphatic rings. The second kappa shape index (κ2) is 22.9. The van der Waals surface area contributed by atoms with Crippen molar-refractivity contribution in [3.05, 3.63) is 214 Å². The van der Waals surface area contributed by atoms with Crippen molar-refractivity contribution in [1.82, 2.24) is 0 Å². The van der Waals surface area contributed by atoms with E-state index in [0.717, 1.165) is 22.9 Å². The van der Waals surface area contributed by atoms with Crippen LogP contribution < -0.4 is 0 Å². The average Bonchev–Trinajstić information content (AvgIpc) is 4.01. The van der Waals surface area contributed by atoms with Crippen LogP contribution in [0.4, 0.5) is 0 Å². The molecular formula is C59H62Cl4Zr-4. The van der Waals surface area contributed by atoms with Crippen LogP contribution in [0.3, 0.4) is 0 Å². The molecule has 5 aliphatic carbocycles. The zero-order valence-electron chi connectivity index (χ0n) is 38.6. The molecule has 1 fully saturated rings. The summed E-state index contributed by atoms with van der Waals surface area (Å²) in [5.41, 5.74) is 15.0. The van der Waals surface area contributed by atoms with E-state index < -0.39 is 0 Å². The Morgan fingerprint density at radius 3 is 1.62 bits per heavy atom. The first-order valence-electron chi connectivity index (χ1n) is 21.8. The minimum atomic E-state index is 0. The fraction of sp³-hybridized carbons (Fsp3) is 0.288. The molecule has 5 aromatic rings. The molecule has 2 atom stereocenters. The molecule has 0 bridgehead atoms. The molecule has 0 radical (unpaired) electrons. The summed E-state index contributed by atoms with van der Waals surface area (Å²) in [6, 6.07) is 46.5. The molecule has 0 saturated heterocycles. The molecule has 0 aliphatic heterocycles. The number of benzene rings is 5. The maximum absolute atomic E-state index is 5.79. The third-order valence-corrected chi connectivity index (χ3v) is 15.7. The van der Waals surface area contributed by atoms with Crippen molar-refractivity contribution in [2.24, 2.45) is 27.6 Å². The Hall–Kier alpha value is -3.42. The number of hydrogen-bond acceptors (Lipinski definition) is 0. The summed E-state index contributed by atoms with van der Waals surface area (Å²) in [5, 5.41) is 1.54. The summed E-state index contributed by atoms with van der Waals surface area (Å²) >= 11 is 12.9. The number of allylic oxidation sites excluding steroid dienone is 10. The van der Waals surface area contributed by atoms with Gasteiger partial charge in [-0.15, -0.1) is 49.3 Å². The molecule has 1 saturated carbocycles. The van der Waals surface area contributed by atoms with Gasteiger partial charge in [0.25, 0.3) is 0 Å². The van der Waals surface area contributed by atoms with E-state index >= 15 is 0 Å². The van der Waals surface area contributed by atoms with E-state index in [1.165, 1.54) is 70.5 Å². The van der Waals surface area contributed by atoms with Crippen molar-refractivity contribution in [3.63, 3.8) is 0 Å². The molecule has 5 heteroatoms. The molecule has 2 unspecified atom stereocenters. The van der Waals surface area contributed by atoms with Crippen LogP contribution in [0.1, 0.15) is 85.8 Å². The number of fused-ring (bicyclic) bond motifs is 6. The van der Waals surface area contributed by atoms with Crippen LogP contribution in [0.15, 0.2) is 168 Å². The third kappa shape index (κ3) is 10.4. The molecule has 64 heavy (non-hydrogen) atoms. The molecule has 5 aromatic carbocycles. The van der Waals surface area contributed by atoms with Crippen LogP contribution in [0.5, 0.6) is 0 Å².